The van der Waals surface area contributed by atoms with E-state index in [1.165, 1.54) is 4.90 Å². The van der Waals surface area contributed by atoms with E-state index in [4.69, 9.17) is 9.73 Å². The molecule has 2 amide bonds. The lowest BCUT2D eigenvalue weighted by atomic mass is 9.52. The minimum atomic E-state index is -0.939. The molecule has 5 heteroatoms. The molecule has 0 saturated carbocycles. The minimum Gasteiger partial charge on any atom is -0.497 e. The lowest BCUT2D eigenvalue weighted by Crippen LogP contribution is -2.51. The molecule has 5 nitrogen and oxygen atoms in total. The summed E-state index contributed by atoms with van der Waals surface area (Å²) in [7, 11) is 1.63. The minimum absolute atomic E-state index is 0.155. The second-order valence-electron chi connectivity index (χ2n) is 11.0. The number of carbonyl (C=O) groups excluding carboxylic acids is 2. The predicted molar refractivity (Wildman–Crippen MR) is 160 cm³/mol. The van der Waals surface area contributed by atoms with Crippen molar-refractivity contribution >= 4 is 40.2 Å². The predicted octanol–water partition coefficient (Wildman–Crippen LogP) is 6.80. The molecule has 1 saturated heterocycles. The molecule has 0 spiro atoms. The summed E-state index contributed by atoms with van der Waals surface area (Å²) >= 11 is 0. The van der Waals surface area contributed by atoms with Crippen LogP contribution in [0.2, 0.25) is 0 Å². The molecule has 0 aromatic heterocycles. The van der Waals surface area contributed by atoms with Crippen molar-refractivity contribution in [2.45, 2.75) is 11.3 Å². The Labute approximate surface area is 237 Å². The molecule has 4 unspecified atom stereocenters. The van der Waals surface area contributed by atoms with Gasteiger partial charge in [0.2, 0.25) is 11.8 Å². The highest BCUT2D eigenvalue weighted by molar-refractivity contribution is 6.27. The monoisotopic (exact) mass is 534 g/mol. The lowest BCUT2D eigenvalue weighted by molar-refractivity contribution is -0.122. The van der Waals surface area contributed by atoms with Gasteiger partial charge in [0.15, 0.2) is 0 Å². The largest absolute Gasteiger partial charge is 0.497 e. The summed E-state index contributed by atoms with van der Waals surface area (Å²) < 4.78 is 5.44. The van der Waals surface area contributed by atoms with E-state index < -0.39 is 17.3 Å². The third kappa shape index (κ3) is 3.20. The van der Waals surface area contributed by atoms with Crippen molar-refractivity contribution in [3.63, 3.8) is 0 Å². The van der Waals surface area contributed by atoms with E-state index in [-0.39, 0.29) is 17.7 Å². The van der Waals surface area contributed by atoms with Gasteiger partial charge in [-0.3, -0.25) is 14.6 Å². The summed E-state index contributed by atoms with van der Waals surface area (Å²) in [5.74, 6) is -1.08. The molecule has 5 aromatic carbocycles. The molecule has 4 atom stereocenters. The number of imide groups is 1. The van der Waals surface area contributed by atoms with Crippen LogP contribution in [0, 0.1) is 11.8 Å². The summed E-state index contributed by atoms with van der Waals surface area (Å²) in [6.45, 7) is 0. The highest BCUT2D eigenvalue weighted by atomic mass is 16.5. The Morgan fingerprint density at radius 2 is 1.56 bits per heavy atom. The number of fused-ring (bicyclic) bond motifs is 1. The first-order valence-corrected chi connectivity index (χ1v) is 13.9. The molecule has 0 N–H and O–H groups in total. The maximum Gasteiger partial charge on any atom is 0.239 e. The fourth-order valence-corrected chi connectivity index (χ4v) is 7.43. The number of nitrogens with zero attached hydrogens (tertiary/aromatic N) is 2. The summed E-state index contributed by atoms with van der Waals surface area (Å²) in [6, 6.07) is 37.9. The van der Waals surface area contributed by atoms with Crippen molar-refractivity contribution in [2.75, 3.05) is 12.0 Å². The van der Waals surface area contributed by atoms with Gasteiger partial charge >= 0.3 is 0 Å². The smallest absolute Gasteiger partial charge is 0.239 e. The van der Waals surface area contributed by atoms with Crippen molar-refractivity contribution < 1.29 is 14.3 Å². The van der Waals surface area contributed by atoms with Crippen LogP contribution in [0.25, 0.3) is 10.8 Å². The van der Waals surface area contributed by atoms with E-state index in [2.05, 4.69) is 36.4 Å². The Hall–Kier alpha value is -5.03. The maximum atomic E-state index is 14.8. The van der Waals surface area contributed by atoms with Gasteiger partial charge < -0.3 is 4.74 Å². The van der Waals surface area contributed by atoms with Crippen LogP contribution in [0.15, 0.2) is 120 Å². The number of amides is 2. The van der Waals surface area contributed by atoms with Crippen LogP contribution in [0.4, 0.5) is 11.4 Å². The van der Waals surface area contributed by atoms with E-state index in [0.29, 0.717) is 11.4 Å². The summed E-state index contributed by atoms with van der Waals surface area (Å²) in [4.78, 5) is 35.8. The van der Waals surface area contributed by atoms with Gasteiger partial charge in [-0.05, 0) is 45.8 Å². The number of carbonyl (C=O) groups is 2. The van der Waals surface area contributed by atoms with Gasteiger partial charge in [-0.1, -0.05) is 91.0 Å². The summed E-state index contributed by atoms with van der Waals surface area (Å²) in [5.41, 5.74) is 4.52. The fraction of sp³-hybridized carbons (Fsp3) is 0.139. The third-order valence-electron chi connectivity index (χ3n) is 9.17. The zero-order chi connectivity index (χ0) is 27.7. The van der Waals surface area contributed by atoms with Crippen LogP contribution in [-0.2, 0) is 15.0 Å². The Balaban J connectivity index is 1.40. The van der Waals surface area contributed by atoms with E-state index >= 15 is 0 Å². The quantitative estimate of drug-likeness (QED) is 0.188. The second kappa shape index (κ2) is 8.73. The van der Waals surface area contributed by atoms with Crippen LogP contribution in [-0.4, -0.2) is 25.1 Å². The second-order valence-corrected chi connectivity index (χ2v) is 11.0. The van der Waals surface area contributed by atoms with Crippen molar-refractivity contribution in [1.29, 1.82) is 0 Å². The fourth-order valence-electron chi connectivity index (χ4n) is 7.43. The van der Waals surface area contributed by atoms with E-state index in [1.54, 1.807) is 7.11 Å². The first kappa shape index (κ1) is 23.8. The van der Waals surface area contributed by atoms with Crippen LogP contribution >= 0.6 is 0 Å². The molecule has 1 aliphatic heterocycles. The topological polar surface area (TPSA) is 59.0 Å². The zero-order valence-corrected chi connectivity index (χ0v) is 22.4. The third-order valence-corrected chi connectivity index (χ3v) is 9.17. The zero-order valence-electron chi connectivity index (χ0n) is 22.4. The van der Waals surface area contributed by atoms with Gasteiger partial charge in [0.25, 0.3) is 0 Å². The molecule has 6 aliphatic rings. The van der Waals surface area contributed by atoms with Gasteiger partial charge in [-0.25, -0.2) is 4.90 Å². The van der Waals surface area contributed by atoms with Gasteiger partial charge in [-0.2, -0.15) is 0 Å². The Bertz CT molecular complexity index is 1910. The summed E-state index contributed by atoms with van der Waals surface area (Å²) in [6.07, 6.45) is 1.91. The summed E-state index contributed by atoms with van der Waals surface area (Å²) in [5, 5.41) is 1.87. The van der Waals surface area contributed by atoms with E-state index in [9.17, 15) is 9.59 Å². The molecule has 41 heavy (non-hydrogen) atoms. The van der Waals surface area contributed by atoms with Gasteiger partial charge in [0.1, 0.15) is 5.75 Å². The molecule has 1 heterocycles. The highest BCUT2D eigenvalue weighted by Gasteiger charge is 2.65. The number of anilines is 1. The number of hydrogen-bond donors (Lipinski definition) is 0. The average molecular weight is 535 g/mol. The average Bonchev–Trinajstić information content (AvgIpc) is 3.27. The molecule has 0 radical (unpaired) electrons. The Morgan fingerprint density at radius 3 is 2.41 bits per heavy atom. The number of ether oxygens (including phenoxy) is 1. The van der Waals surface area contributed by atoms with Crippen LogP contribution in [0.5, 0.6) is 5.75 Å². The van der Waals surface area contributed by atoms with Gasteiger partial charge in [0.05, 0.1) is 35.7 Å². The molecule has 4 bridgehead atoms. The Kier molecular flexibility index (Phi) is 5.08. The maximum absolute atomic E-state index is 14.8. The SMILES string of the molecule is COc1cccc(N=CC23c4ccc(cc4)C(c4ccccc42)C2C(=O)N(c4cccc5ccccc45)C(=O)C23)c1. The van der Waals surface area contributed by atoms with Crippen molar-refractivity contribution in [2.24, 2.45) is 16.8 Å². The highest BCUT2D eigenvalue weighted by Crippen LogP contribution is 2.60. The molecule has 11 rings (SSSR count). The normalized spacial score (nSPS) is 24.0. The molecular formula is C36H26N2O3. The van der Waals surface area contributed by atoms with E-state index in [0.717, 1.165) is 38.7 Å². The number of hydrogen-bond acceptors (Lipinski definition) is 4. The van der Waals surface area contributed by atoms with Crippen LogP contribution in [0.3, 0.4) is 0 Å². The number of rotatable bonds is 4. The molecule has 1 fully saturated rings. The van der Waals surface area contributed by atoms with Gasteiger partial charge in [0, 0.05) is 23.6 Å². The number of methoxy groups -OCH3 is 1. The van der Waals surface area contributed by atoms with Crippen LogP contribution in [0.1, 0.15) is 28.2 Å². The van der Waals surface area contributed by atoms with Crippen molar-refractivity contribution in [1.82, 2.24) is 0 Å². The first-order chi connectivity index (χ1) is 20.1. The number of aliphatic imine (C=N–C) groups is 1. The van der Waals surface area contributed by atoms with Crippen LogP contribution < -0.4 is 9.64 Å². The van der Waals surface area contributed by atoms with Crippen molar-refractivity contribution in [3.8, 4) is 5.75 Å². The molecule has 5 aliphatic carbocycles. The van der Waals surface area contributed by atoms with E-state index in [1.807, 2.05) is 85.1 Å². The standard InChI is InChI=1S/C36H26N2O3/c1-41-26-11-7-10-25(20-26)37-21-36-24-18-16-23(17-19-24)31(28-13-4-5-14-29(28)36)32-33(36)35(40)38(34(32)39)30-15-6-9-22-8-2-3-12-27(22)30/h2-21,31-33H,1H3. The van der Waals surface area contributed by atoms with Crippen molar-refractivity contribution in [3.05, 3.63) is 138 Å². The molecular weight excluding hydrogens is 508 g/mol. The lowest BCUT2D eigenvalue weighted by Gasteiger charge is -2.48. The Morgan fingerprint density at radius 1 is 0.805 bits per heavy atom. The molecule has 5 aromatic rings. The first-order valence-electron chi connectivity index (χ1n) is 13.9. The number of benzene rings is 5. The van der Waals surface area contributed by atoms with Gasteiger partial charge in [-0.15, -0.1) is 0 Å². The molecule has 198 valence electrons.